The summed E-state index contributed by atoms with van der Waals surface area (Å²) in [6.45, 7) is 5.48. The Hall–Kier alpha value is -0.470. The molecule has 0 amide bonds. The monoisotopic (exact) mass is 315 g/mol. The van der Waals surface area contributed by atoms with Gasteiger partial charge in [-0.05, 0) is 32.4 Å². The molecule has 3 heterocycles. The fourth-order valence-corrected chi connectivity index (χ4v) is 6.15. The van der Waals surface area contributed by atoms with Crippen molar-refractivity contribution >= 4 is 21.4 Å². The van der Waals surface area contributed by atoms with Gasteiger partial charge in [-0.1, -0.05) is 0 Å². The Bertz CT molecular complexity index is 597. The average molecular weight is 315 g/mol. The summed E-state index contributed by atoms with van der Waals surface area (Å²) in [6, 6.07) is 2.16. The lowest BCUT2D eigenvalue weighted by molar-refractivity contribution is 0.158. The minimum absolute atomic E-state index is 0.400. The van der Waals surface area contributed by atoms with Crippen LogP contribution in [0.3, 0.4) is 0 Å². The molecule has 0 aromatic carbocycles. The highest BCUT2D eigenvalue weighted by Crippen LogP contribution is 2.30. The predicted molar refractivity (Wildman–Crippen MR) is 80.3 cm³/mol. The van der Waals surface area contributed by atoms with Crippen LogP contribution in [0.1, 0.15) is 22.6 Å². The van der Waals surface area contributed by atoms with Crippen molar-refractivity contribution in [1.29, 1.82) is 0 Å². The van der Waals surface area contributed by atoms with Gasteiger partial charge in [0, 0.05) is 42.0 Å². The smallest absolute Gasteiger partial charge is 0.244 e. The number of thiophene rings is 1. The molecule has 0 bridgehead atoms. The zero-order chi connectivity index (χ0) is 14.3. The van der Waals surface area contributed by atoms with E-state index < -0.39 is 10.0 Å². The highest BCUT2D eigenvalue weighted by molar-refractivity contribution is 7.89. The number of sulfonamides is 1. The lowest BCUT2D eigenvalue weighted by Gasteiger charge is -2.36. The van der Waals surface area contributed by atoms with Gasteiger partial charge in [0.25, 0.3) is 0 Å². The third-order valence-corrected chi connectivity index (χ3v) is 7.49. The van der Waals surface area contributed by atoms with Crippen LogP contribution >= 0.6 is 11.3 Å². The molecule has 2 N–H and O–H groups in total. The highest BCUT2D eigenvalue weighted by atomic mass is 32.2. The van der Waals surface area contributed by atoms with E-state index in [4.69, 9.17) is 5.73 Å². The van der Waals surface area contributed by atoms with Crippen molar-refractivity contribution in [2.24, 2.45) is 5.73 Å². The van der Waals surface area contributed by atoms with E-state index in [0.29, 0.717) is 30.6 Å². The molecule has 20 heavy (non-hydrogen) atoms. The van der Waals surface area contributed by atoms with Crippen LogP contribution in [0.2, 0.25) is 0 Å². The molecule has 2 aliphatic rings. The van der Waals surface area contributed by atoms with Crippen molar-refractivity contribution < 1.29 is 8.42 Å². The molecule has 1 aromatic rings. The molecule has 0 spiro atoms. The fraction of sp³-hybridized carbons (Fsp3) is 0.692. The van der Waals surface area contributed by atoms with Crippen LogP contribution in [0.4, 0.5) is 0 Å². The lowest BCUT2D eigenvalue weighted by atomic mass is 10.2. The average Bonchev–Trinajstić information content (AvgIpc) is 3.03. The Labute approximate surface area is 124 Å². The van der Waals surface area contributed by atoms with E-state index >= 15 is 0 Å². The molecule has 7 heteroatoms. The number of rotatable bonds is 3. The zero-order valence-electron chi connectivity index (χ0n) is 11.7. The largest absolute Gasteiger partial charge is 0.326 e. The summed E-state index contributed by atoms with van der Waals surface area (Å²) in [5, 5.41) is 0. The van der Waals surface area contributed by atoms with E-state index in [1.165, 1.54) is 17.8 Å². The Morgan fingerprint density at radius 1 is 1.40 bits per heavy atom. The van der Waals surface area contributed by atoms with Crippen LogP contribution in [0.15, 0.2) is 11.0 Å². The quantitative estimate of drug-likeness (QED) is 0.903. The molecule has 1 atom stereocenters. The van der Waals surface area contributed by atoms with E-state index in [2.05, 4.69) is 4.90 Å². The van der Waals surface area contributed by atoms with Crippen molar-refractivity contribution in [3.8, 4) is 0 Å². The molecule has 0 aliphatic carbocycles. The Morgan fingerprint density at radius 2 is 2.20 bits per heavy atom. The SMILES string of the molecule is Cc1sc(CN)cc1S(=O)(=O)N1CCN2CCCC2C1. The molecule has 3 rings (SSSR count). The second-order valence-corrected chi connectivity index (χ2v) is 8.78. The summed E-state index contributed by atoms with van der Waals surface area (Å²) >= 11 is 1.48. The van der Waals surface area contributed by atoms with Crippen LogP contribution in [0.25, 0.3) is 0 Å². The number of hydrogen-bond acceptors (Lipinski definition) is 5. The van der Waals surface area contributed by atoms with E-state index in [1.54, 1.807) is 10.4 Å². The molecule has 0 radical (unpaired) electrons. The number of piperazine rings is 1. The molecule has 2 fully saturated rings. The number of hydrogen-bond donors (Lipinski definition) is 1. The summed E-state index contributed by atoms with van der Waals surface area (Å²) in [6.07, 6.45) is 2.30. The molecule has 1 unspecified atom stereocenters. The molecule has 5 nitrogen and oxygen atoms in total. The van der Waals surface area contributed by atoms with E-state index in [0.717, 1.165) is 29.3 Å². The van der Waals surface area contributed by atoms with Crippen molar-refractivity contribution in [3.63, 3.8) is 0 Å². The van der Waals surface area contributed by atoms with Gasteiger partial charge in [-0.15, -0.1) is 11.3 Å². The number of nitrogens with two attached hydrogens (primary N) is 1. The van der Waals surface area contributed by atoms with Gasteiger partial charge in [-0.25, -0.2) is 8.42 Å². The van der Waals surface area contributed by atoms with Gasteiger partial charge in [0.05, 0.1) is 4.90 Å². The van der Waals surface area contributed by atoms with Crippen LogP contribution < -0.4 is 5.73 Å². The van der Waals surface area contributed by atoms with Crippen molar-refractivity contribution in [2.75, 3.05) is 26.2 Å². The standard InChI is InChI=1S/C13H21N3O2S2/c1-10-13(7-12(8-14)19-10)20(17,18)16-6-5-15-4-2-3-11(15)9-16/h7,11H,2-6,8-9,14H2,1H3. The Balaban J connectivity index is 1.86. The van der Waals surface area contributed by atoms with Gasteiger partial charge in [0.2, 0.25) is 10.0 Å². The summed E-state index contributed by atoms with van der Waals surface area (Å²) < 4.78 is 27.3. The third kappa shape index (κ3) is 2.42. The molecular formula is C13H21N3O2S2. The fourth-order valence-electron chi connectivity index (χ4n) is 3.20. The molecule has 112 valence electrons. The number of aryl methyl sites for hydroxylation is 1. The second kappa shape index (κ2) is 5.38. The lowest BCUT2D eigenvalue weighted by Crippen LogP contribution is -2.51. The Morgan fingerprint density at radius 3 is 2.90 bits per heavy atom. The minimum Gasteiger partial charge on any atom is -0.326 e. The van der Waals surface area contributed by atoms with Crippen LogP contribution in [-0.4, -0.2) is 49.8 Å². The van der Waals surface area contributed by atoms with Crippen molar-refractivity contribution in [3.05, 3.63) is 15.8 Å². The van der Waals surface area contributed by atoms with Crippen LogP contribution in [0.5, 0.6) is 0 Å². The van der Waals surface area contributed by atoms with Gasteiger partial charge in [-0.3, -0.25) is 4.90 Å². The van der Waals surface area contributed by atoms with Gasteiger partial charge in [0.15, 0.2) is 0 Å². The number of fused-ring (bicyclic) bond motifs is 1. The summed E-state index contributed by atoms with van der Waals surface area (Å²) in [4.78, 5) is 4.65. The maximum absolute atomic E-state index is 12.8. The van der Waals surface area contributed by atoms with Gasteiger partial charge in [-0.2, -0.15) is 4.31 Å². The van der Waals surface area contributed by atoms with E-state index in [1.807, 2.05) is 6.92 Å². The number of nitrogens with zero attached hydrogens (tertiary/aromatic N) is 2. The maximum atomic E-state index is 12.8. The normalized spacial score (nSPS) is 25.0. The van der Waals surface area contributed by atoms with Gasteiger partial charge >= 0.3 is 0 Å². The first kappa shape index (κ1) is 14.5. The molecule has 2 saturated heterocycles. The van der Waals surface area contributed by atoms with Crippen LogP contribution in [0, 0.1) is 6.92 Å². The first-order valence-electron chi connectivity index (χ1n) is 7.06. The second-order valence-electron chi connectivity index (χ2n) is 5.53. The molecule has 1 aromatic heterocycles. The first-order valence-corrected chi connectivity index (χ1v) is 9.31. The van der Waals surface area contributed by atoms with Crippen molar-refractivity contribution in [2.45, 2.75) is 37.2 Å². The van der Waals surface area contributed by atoms with E-state index in [9.17, 15) is 8.42 Å². The minimum atomic E-state index is -3.36. The predicted octanol–water partition coefficient (Wildman–Crippen LogP) is 0.984. The maximum Gasteiger partial charge on any atom is 0.244 e. The molecular weight excluding hydrogens is 294 g/mol. The Kier molecular flexibility index (Phi) is 3.89. The summed E-state index contributed by atoms with van der Waals surface area (Å²) in [7, 11) is -3.36. The summed E-state index contributed by atoms with van der Waals surface area (Å²) in [5.74, 6) is 0. The first-order chi connectivity index (χ1) is 9.52. The molecule has 0 saturated carbocycles. The summed E-state index contributed by atoms with van der Waals surface area (Å²) in [5.41, 5.74) is 5.62. The topological polar surface area (TPSA) is 66.6 Å². The van der Waals surface area contributed by atoms with Crippen molar-refractivity contribution in [1.82, 2.24) is 9.21 Å². The molecule has 2 aliphatic heterocycles. The van der Waals surface area contributed by atoms with Crippen LogP contribution in [-0.2, 0) is 16.6 Å². The van der Waals surface area contributed by atoms with Gasteiger partial charge < -0.3 is 5.73 Å². The van der Waals surface area contributed by atoms with E-state index in [-0.39, 0.29) is 0 Å². The zero-order valence-corrected chi connectivity index (χ0v) is 13.3. The highest BCUT2D eigenvalue weighted by Gasteiger charge is 2.37. The van der Waals surface area contributed by atoms with Gasteiger partial charge in [0.1, 0.15) is 0 Å². The third-order valence-electron chi connectivity index (χ3n) is 4.29.